The number of rotatable bonds is 3. The van der Waals surface area contributed by atoms with Gasteiger partial charge in [-0.2, -0.15) is 0 Å². The van der Waals surface area contributed by atoms with Crippen LogP contribution in [0, 0.1) is 0 Å². The Balaban J connectivity index is 1.89. The summed E-state index contributed by atoms with van der Waals surface area (Å²) in [5, 5.41) is 9.15. The van der Waals surface area contributed by atoms with Gasteiger partial charge in [-0.15, -0.1) is 0 Å². The minimum atomic E-state index is -0.253. The molecule has 0 spiro atoms. The molecule has 1 aliphatic rings. The number of aliphatic hydroxyl groups excluding tert-OH is 1. The van der Waals surface area contributed by atoms with Crippen LogP contribution in [-0.4, -0.2) is 21.8 Å². The monoisotopic (exact) mass is 281 g/mol. The average molecular weight is 281 g/mol. The summed E-state index contributed by atoms with van der Waals surface area (Å²) in [6, 6.07) is 14.5. The lowest BCUT2D eigenvalue weighted by Crippen LogP contribution is -2.41. The van der Waals surface area contributed by atoms with Crippen LogP contribution in [0.25, 0.3) is 0 Å². The van der Waals surface area contributed by atoms with Gasteiger partial charge >= 0.3 is 0 Å². The molecule has 21 heavy (non-hydrogen) atoms. The number of hydrogen-bond acceptors (Lipinski definition) is 3. The first-order chi connectivity index (χ1) is 10.2. The fourth-order valence-electron chi connectivity index (χ4n) is 2.57. The maximum atomic E-state index is 12.4. The lowest BCUT2D eigenvalue weighted by atomic mass is 9.98. The first kappa shape index (κ1) is 13.5. The highest BCUT2D eigenvalue weighted by atomic mass is 16.3. The maximum Gasteiger partial charge on any atom is 0.261 e. The second-order valence-corrected chi connectivity index (χ2v) is 5.10. The topological polar surface area (TPSA) is 57.6 Å². The zero-order valence-corrected chi connectivity index (χ0v) is 11.5. The Morgan fingerprint density at radius 1 is 1.00 bits per heavy atom. The fourth-order valence-corrected chi connectivity index (χ4v) is 2.57. The van der Waals surface area contributed by atoms with E-state index in [0.29, 0.717) is 5.56 Å². The largest absolute Gasteiger partial charge is 0.392 e. The number of benzene rings is 2. The van der Waals surface area contributed by atoms with E-state index in [4.69, 9.17) is 5.11 Å². The van der Waals surface area contributed by atoms with Crippen molar-refractivity contribution >= 4 is 11.8 Å². The molecule has 3 rings (SSSR count). The number of amides is 2. The van der Waals surface area contributed by atoms with Crippen LogP contribution in [0.2, 0.25) is 0 Å². The molecule has 0 radical (unpaired) electrons. The molecule has 2 amide bonds. The molecule has 2 aromatic rings. The van der Waals surface area contributed by atoms with Gasteiger partial charge in [-0.05, 0) is 22.8 Å². The lowest BCUT2D eigenvalue weighted by molar-refractivity contribution is -0.128. The third-order valence-electron chi connectivity index (χ3n) is 3.65. The Labute approximate surface area is 122 Å². The highest BCUT2D eigenvalue weighted by Crippen LogP contribution is 2.21. The van der Waals surface area contributed by atoms with Gasteiger partial charge in [0.15, 0.2) is 0 Å². The fraction of sp³-hybridized carbons (Fsp3) is 0.176. The first-order valence-corrected chi connectivity index (χ1v) is 6.80. The number of aliphatic hydroxyl groups is 1. The zero-order chi connectivity index (χ0) is 14.8. The predicted octanol–water partition coefficient (Wildman–Crippen LogP) is 1.90. The number of imide groups is 1. The van der Waals surface area contributed by atoms with E-state index in [2.05, 4.69) is 0 Å². The van der Waals surface area contributed by atoms with Crippen molar-refractivity contribution in [1.82, 2.24) is 4.90 Å². The Bertz CT molecular complexity index is 709. The smallest absolute Gasteiger partial charge is 0.261 e. The van der Waals surface area contributed by atoms with Crippen molar-refractivity contribution in [2.45, 2.75) is 19.6 Å². The molecule has 1 N–H and O–H groups in total. The molecule has 0 aromatic heterocycles. The minimum absolute atomic E-state index is 0.0570. The number of carbonyl (C=O) groups excluding carboxylic acids is 2. The summed E-state index contributed by atoms with van der Waals surface area (Å²) >= 11 is 0. The van der Waals surface area contributed by atoms with Gasteiger partial charge in [0.1, 0.15) is 0 Å². The molecule has 0 saturated heterocycles. The van der Waals surface area contributed by atoms with Crippen LogP contribution in [0.1, 0.15) is 27.0 Å². The van der Waals surface area contributed by atoms with Gasteiger partial charge in [-0.1, -0.05) is 42.5 Å². The maximum absolute atomic E-state index is 12.4. The molecule has 1 heterocycles. The van der Waals surface area contributed by atoms with E-state index < -0.39 is 0 Å². The average Bonchev–Trinajstić information content (AvgIpc) is 2.51. The lowest BCUT2D eigenvalue weighted by Gasteiger charge is -2.27. The van der Waals surface area contributed by atoms with Gasteiger partial charge in [0.25, 0.3) is 5.91 Å². The third kappa shape index (κ3) is 2.58. The number of nitrogens with zero attached hydrogens (tertiary/aromatic N) is 1. The van der Waals surface area contributed by atoms with E-state index in [1.165, 1.54) is 4.90 Å². The first-order valence-electron chi connectivity index (χ1n) is 6.80. The Morgan fingerprint density at radius 2 is 1.76 bits per heavy atom. The van der Waals surface area contributed by atoms with Gasteiger partial charge in [-0.3, -0.25) is 14.5 Å². The summed E-state index contributed by atoms with van der Waals surface area (Å²) in [5.41, 5.74) is 2.98. The molecule has 0 unspecified atom stereocenters. The SMILES string of the molecule is O=C1Cc2ccccc2C(=O)N1Cc1cccc(CO)c1. The molecular weight excluding hydrogens is 266 g/mol. The molecule has 0 saturated carbocycles. The molecule has 4 nitrogen and oxygen atoms in total. The van der Waals surface area contributed by atoms with Crippen molar-refractivity contribution < 1.29 is 14.7 Å². The van der Waals surface area contributed by atoms with Gasteiger partial charge in [0.2, 0.25) is 5.91 Å². The summed E-state index contributed by atoms with van der Waals surface area (Å²) in [6.07, 6.45) is 0.252. The van der Waals surface area contributed by atoms with Crippen molar-refractivity contribution in [3.8, 4) is 0 Å². The van der Waals surface area contributed by atoms with Crippen LogP contribution in [0.5, 0.6) is 0 Å². The quantitative estimate of drug-likeness (QED) is 0.874. The molecule has 1 aliphatic heterocycles. The second-order valence-electron chi connectivity index (χ2n) is 5.10. The highest BCUT2D eigenvalue weighted by Gasteiger charge is 2.30. The van der Waals surface area contributed by atoms with Gasteiger partial charge in [0, 0.05) is 5.56 Å². The Hall–Kier alpha value is -2.46. The van der Waals surface area contributed by atoms with E-state index in [-0.39, 0.29) is 31.4 Å². The van der Waals surface area contributed by atoms with Crippen molar-refractivity contribution in [2.24, 2.45) is 0 Å². The number of hydrogen-bond donors (Lipinski definition) is 1. The van der Waals surface area contributed by atoms with Crippen LogP contribution in [0.15, 0.2) is 48.5 Å². The minimum Gasteiger partial charge on any atom is -0.392 e. The van der Waals surface area contributed by atoms with Gasteiger partial charge in [-0.25, -0.2) is 0 Å². The van der Waals surface area contributed by atoms with Crippen molar-refractivity contribution in [3.05, 3.63) is 70.8 Å². The van der Waals surface area contributed by atoms with E-state index in [0.717, 1.165) is 16.7 Å². The van der Waals surface area contributed by atoms with Crippen LogP contribution in [-0.2, 0) is 24.4 Å². The third-order valence-corrected chi connectivity index (χ3v) is 3.65. The van der Waals surface area contributed by atoms with E-state index in [1.807, 2.05) is 24.3 Å². The number of fused-ring (bicyclic) bond motifs is 1. The van der Waals surface area contributed by atoms with E-state index >= 15 is 0 Å². The highest BCUT2D eigenvalue weighted by molar-refractivity contribution is 6.09. The standard InChI is InChI=1S/C17H15NO3/c19-11-13-5-3-4-12(8-13)10-18-16(20)9-14-6-1-2-7-15(14)17(18)21/h1-8,19H,9-11H2. The summed E-state index contributed by atoms with van der Waals surface area (Å²) in [4.78, 5) is 25.9. The van der Waals surface area contributed by atoms with Crippen LogP contribution in [0.4, 0.5) is 0 Å². The van der Waals surface area contributed by atoms with E-state index in [1.54, 1.807) is 24.3 Å². The molecule has 0 atom stereocenters. The van der Waals surface area contributed by atoms with Crippen molar-refractivity contribution in [1.29, 1.82) is 0 Å². The zero-order valence-electron chi connectivity index (χ0n) is 11.5. The van der Waals surface area contributed by atoms with Crippen LogP contribution < -0.4 is 0 Å². The Kier molecular flexibility index (Phi) is 3.54. The van der Waals surface area contributed by atoms with Crippen LogP contribution >= 0.6 is 0 Å². The summed E-state index contributed by atoms with van der Waals surface area (Å²) in [6.45, 7) is 0.179. The number of carbonyl (C=O) groups is 2. The molecule has 0 aliphatic carbocycles. The molecule has 0 bridgehead atoms. The molecule has 4 heteroatoms. The van der Waals surface area contributed by atoms with Gasteiger partial charge in [0.05, 0.1) is 19.6 Å². The summed E-state index contributed by atoms with van der Waals surface area (Å²) < 4.78 is 0. The van der Waals surface area contributed by atoms with Crippen molar-refractivity contribution in [2.75, 3.05) is 0 Å². The van der Waals surface area contributed by atoms with Gasteiger partial charge < -0.3 is 5.11 Å². The summed E-state index contributed by atoms with van der Waals surface area (Å²) in [5.74, 6) is -0.440. The summed E-state index contributed by atoms with van der Waals surface area (Å²) in [7, 11) is 0. The van der Waals surface area contributed by atoms with E-state index in [9.17, 15) is 9.59 Å². The van der Waals surface area contributed by atoms with Crippen molar-refractivity contribution in [3.63, 3.8) is 0 Å². The Morgan fingerprint density at radius 3 is 2.57 bits per heavy atom. The molecule has 0 fully saturated rings. The molecular formula is C17H15NO3. The predicted molar refractivity (Wildman–Crippen MR) is 77.4 cm³/mol. The molecule has 2 aromatic carbocycles. The van der Waals surface area contributed by atoms with Crippen LogP contribution in [0.3, 0.4) is 0 Å². The second kappa shape index (κ2) is 5.50. The normalized spacial score (nSPS) is 14.2. The molecule has 106 valence electrons.